The first-order valence-electron chi connectivity index (χ1n) is 8.69. The van der Waals surface area contributed by atoms with Gasteiger partial charge in [0.15, 0.2) is 5.17 Å². The molecular weight excluding hydrogens is 442 g/mol. The Balaban J connectivity index is 0.00000256. The summed E-state index contributed by atoms with van der Waals surface area (Å²) in [7, 11) is 1.32. The largest absolute Gasteiger partial charge is 0.465 e. The third-order valence-electron chi connectivity index (χ3n) is 4.51. The minimum absolute atomic E-state index is 0. The average Bonchev–Trinajstić information content (AvgIpc) is 3.12. The molecule has 6 nitrogen and oxygen atoms in total. The predicted molar refractivity (Wildman–Crippen MR) is 128 cm³/mol. The summed E-state index contributed by atoms with van der Waals surface area (Å²) in [5, 5.41) is 2.28. The molecule has 30 heavy (non-hydrogen) atoms. The number of methoxy groups -OCH3 is 1. The summed E-state index contributed by atoms with van der Waals surface area (Å²) in [5.74, 6) is -0.519. The van der Waals surface area contributed by atoms with Crippen molar-refractivity contribution in [2.24, 2.45) is 10.7 Å². The molecule has 0 saturated carbocycles. The van der Waals surface area contributed by atoms with Crippen molar-refractivity contribution < 1.29 is 9.53 Å². The number of rotatable bonds is 3. The molecule has 2 N–H and O–H groups in total. The van der Waals surface area contributed by atoms with Gasteiger partial charge in [-0.1, -0.05) is 48.2 Å². The van der Waals surface area contributed by atoms with Gasteiger partial charge in [-0.25, -0.2) is 9.79 Å². The average molecular weight is 460 g/mol. The zero-order chi connectivity index (χ0) is 20.5. The van der Waals surface area contributed by atoms with E-state index >= 15 is 0 Å². The number of para-hydroxylation sites is 1. The number of halogens is 1. The Bertz CT molecular complexity index is 1330. The molecule has 4 rings (SSSR count). The molecule has 0 saturated heterocycles. The molecule has 0 radical (unpaired) electrons. The molecule has 0 fully saturated rings. The van der Waals surface area contributed by atoms with E-state index in [-0.39, 0.29) is 18.0 Å². The van der Waals surface area contributed by atoms with E-state index in [4.69, 9.17) is 10.5 Å². The molecular formula is C21H18ClN3O3S2. The van der Waals surface area contributed by atoms with Gasteiger partial charge in [0.2, 0.25) is 0 Å². The number of thiophene rings is 1. The van der Waals surface area contributed by atoms with Gasteiger partial charge in [-0.2, -0.15) is 0 Å². The van der Waals surface area contributed by atoms with Crippen LogP contribution < -0.4 is 11.3 Å². The third kappa shape index (κ3) is 3.58. The first kappa shape index (κ1) is 21.9. The number of aromatic nitrogens is 1. The van der Waals surface area contributed by atoms with Crippen molar-refractivity contribution in [1.29, 1.82) is 0 Å². The summed E-state index contributed by atoms with van der Waals surface area (Å²) >= 11 is 2.46. The van der Waals surface area contributed by atoms with Crippen LogP contribution >= 0.6 is 35.5 Å². The second kappa shape index (κ2) is 8.91. The summed E-state index contributed by atoms with van der Waals surface area (Å²) in [6, 6.07) is 16.6. The van der Waals surface area contributed by atoms with E-state index in [2.05, 4.69) is 4.99 Å². The van der Waals surface area contributed by atoms with Gasteiger partial charge < -0.3 is 10.5 Å². The zero-order valence-corrected chi connectivity index (χ0v) is 18.6. The number of carbonyl (C=O) groups is 1. The van der Waals surface area contributed by atoms with E-state index in [0.717, 1.165) is 5.39 Å². The summed E-state index contributed by atoms with van der Waals surface area (Å²) in [4.78, 5) is 31.3. The van der Waals surface area contributed by atoms with E-state index < -0.39 is 5.97 Å². The smallest absolute Gasteiger partial charge is 0.350 e. The fraction of sp³-hybridized carbons (Fsp3) is 0.0952. The van der Waals surface area contributed by atoms with Crippen LogP contribution in [0.5, 0.6) is 0 Å². The highest BCUT2D eigenvalue weighted by Crippen LogP contribution is 2.42. The number of nitrogens with zero attached hydrogens (tertiary/aromatic N) is 2. The van der Waals surface area contributed by atoms with Gasteiger partial charge in [0.25, 0.3) is 5.56 Å². The van der Waals surface area contributed by atoms with Crippen LogP contribution in [-0.2, 0) is 4.74 Å². The van der Waals surface area contributed by atoms with Crippen molar-refractivity contribution in [2.45, 2.75) is 0 Å². The summed E-state index contributed by atoms with van der Waals surface area (Å²) in [6.07, 6.45) is 1.81. The van der Waals surface area contributed by atoms with Crippen molar-refractivity contribution >= 4 is 73.3 Å². The van der Waals surface area contributed by atoms with Crippen LogP contribution in [0.4, 0.5) is 5.69 Å². The summed E-state index contributed by atoms with van der Waals surface area (Å²) in [5.41, 5.74) is 6.95. The Morgan fingerprint density at radius 3 is 2.37 bits per heavy atom. The molecule has 2 heterocycles. The molecule has 9 heteroatoms. The molecule has 0 bridgehead atoms. The minimum Gasteiger partial charge on any atom is -0.465 e. The standard InChI is InChI=1S/C21H17N3O3S2.ClH/c1-27-20(26)17-16(23-21(22)28-2)15-13-10-6-7-11-14(13)18(25)24(19(15)29-17)12-8-4-3-5-9-12;/h3-11H,1-2H3,(H2,22,23);1H. The van der Waals surface area contributed by atoms with Crippen molar-refractivity contribution in [3.05, 3.63) is 69.8 Å². The lowest BCUT2D eigenvalue weighted by atomic mass is 10.1. The maximum atomic E-state index is 13.4. The maximum Gasteiger partial charge on any atom is 0.350 e. The number of pyridine rings is 1. The summed E-state index contributed by atoms with van der Waals surface area (Å²) in [6.45, 7) is 0. The molecule has 4 aromatic rings. The fourth-order valence-corrected chi connectivity index (χ4v) is 4.59. The Kier molecular flexibility index (Phi) is 6.50. The van der Waals surface area contributed by atoms with Crippen molar-refractivity contribution in [3.63, 3.8) is 0 Å². The first-order chi connectivity index (χ1) is 14.1. The van der Waals surface area contributed by atoms with Crippen LogP contribution in [0.2, 0.25) is 0 Å². The minimum atomic E-state index is -0.519. The van der Waals surface area contributed by atoms with Crippen LogP contribution in [-0.4, -0.2) is 29.1 Å². The number of nitrogens with two attached hydrogens (primary N) is 1. The fourth-order valence-electron chi connectivity index (χ4n) is 3.22. The van der Waals surface area contributed by atoms with Crippen LogP contribution in [0, 0.1) is 0 Å². The van der Waals surface area contributed by atoms with Crippen molar-refractivity contribution in [2.75, 3.05) is 13.4 Å². The molecule has 0 spiro atoms. The number of benzene rings is 2. The highest BCUT2D eigenvalue weighted by atomic mass is 35.5. The SMILES string of the molecule is COC(=O)c1sc2c(c1N=C(N)SC)c1ccccc1c(=O)n2-c1ccccc1.Cl. The molecule has 0 aliphatic rings. The molecule has 154 valence electrons. The predicted octanol–water partition coefficient (Wildman–Crippen LogP) is 4.72. The van der Waals surface area contributed by atoms with Gasteiger partial charge in [-0.15, -0.1) is 23.7 Å². The Labute approximate surface area is 186 Å². The van der Waals surface area contributed by atoms with Gasteiger partial charge in [-0.05, 0) is 29.8 Å². The number of hydrogen-bond donors (Lipinski definition) is 1. The van der Waals surface area contributed by atoms with E-state index in [1.807, 2.05) is 54.8 Å². The van der Waals surface area contributed by atoms with Gasteiger partial charge in [-0.3, -0.25) is 9.36 Å². The number of thioether (sulfide) groups is 1. The lowest BCUT2D eigenvalue weighted by molar-refractivity contribution is 0.0607. The van der Waals surface area contributed by atoms with Crippen molar-refractivity contribution in [3.8, 4) is 5.69 Å². The second-order valence-corrected chi connectivity index (χ2v) is 7.95. The molecule has 0 amide bonds. The number of carbonyl (C=O) groups excluding carboxylic acids is 1. The number of amidine groups is 1. The maximum absolute atomic E-state index is 13.4. The topological polar surface area (TPSA) is 86.7 Å². The highest BCUT2D eigenvalue weighted by molar-refractivity contribution is 8.13. The lowest BCUT2D eigenvalue weighted by Crippen LogP contribution is -2.18. The molecule has 0 unspecified atom stereocenters. The van der Waals surface area contributed by atoms with Gasteiger partial charge in [0.05, 0.1) is 12.8 Å². The van der Waals surface area contributed by atoms with Gasteiger partial charge >= 0.3 is 5.97 Å². The van der Waals surface area contributed by atoms with Gasteiger partial charge in [0.1, 0.15) is 15.4 Å². The number of aliphatic imine (C=N–C) groups is 1. The Hall–Kier alpha value is -2.81. The number of hydrogen-bond acceptors (Lipinski definition) is 6. The molecule has 2 aromatic heterocycles. The van der Waals surface area contributed by atoms with E-state index in [1.54, 1.807) is 10.6 Å². The Morgan fingerprint density at radius 2 is 1.73 bits per heavy atom. The molecule has 0 aliphatic heterocycles. The van der Waals surface area contributed by atoms with Gasteiger partial charge in [0, 0.05) is 10.8 Å². The third-order valence-corrected chi connectivity index (χ3v) is 6.17. The van der Waals surface area contributed by atoms with Crippen LogP contribution in [0.1, 0.15) is 9.67 Å². The van der Waals surface area contributed by atoms with Crippen molar-refractivity contribution in [1.82, 2.24) is 4.57 Å². The molecule has 0 aliphatic carbocycles. The number of ether oxygens (including phenoxy) is 1. The van der Waals surface area contributed by atoms with Crippen LogP contribution in [0.15, 0.2) is 64.4 Å². The van der Waals surface area contributed by atoms with Crippen LogP contribution in [0.25, 0.3) is 26.7 Å². The monoisotopic (exact) mass is 459 g/mol. The van der Waals surface area contributed by atoms with Crippen LogP contribution in [0.3, 0.4) is 0 Å². The highest BCUT2D eigenvalue weighted by Gasteiger charge is 2.25. The molecule has 0 atom stereocenters. The number of esters is 1. The molecule has 2 aromatic carbocycles. The van der Waals surface area contributed by atoms with E-state index in [1.165, 1.54) is 30.2 Å². The lowest BCUT2D eigenvalue weighted by Gasteiger charge is -2.10. The first-order valence-corrected chi connectivity index (χ1v) is 10.7. The quantitative estimate of drug-likeness (QED) is 0.272. The number of fused-ring (bicyclic) bond motifs is 3. The normalized spacial score (nSPS) is 11.5. The van der Waals surface area contributed by atoms with E-state index in [9.17, 15) is 9.59 Å². The Morgan fingerprint density at radius 1 is 1.10 bits per heavy atom. The zero-order valence-electron chi connectivity index (χ0n) is 16.1. The van der Waals surface area contributed by atoms with E-state index in [0.29, 0.717) is 37.0 Å². The summed E-state index contributed by atoms with van der Waals surface area (Å²) < 4.78 is 6.59. The second-order valence-electron chi connectivity index (χ2n) is 6.13.